The van der Waals surface area contributed by atoms with Crippen LogP contribution in [0.15, 0.2) is 23.1 Å². The van der Waals surface area contributed by atoms with E-state index in [9.17, 15) is 13.2 Å². The van der Waals surface area contributed by atoms with E-state index < -0.39 is 15.7 Å². The van der Waals surface area contributed by atoms with Crippen LogP contribution < -0.4 is 5.73 Å². The van der Waals surface area contributed by atoms with Gasteiger partial charge < -0.3 is 10.3 Å². The number of carbonyl (C=O) groups excluding carboxylic acids is 1. The Labute approximate surface area is 119 Å². The molecular formula is C11H10Cl2N2O3S. The molecule has 0 radical (unpaired) electrons. The zero-order valence-corrected chi connectivity index (χ0v) is 12.2. The van der Waals surface area contributed by atoms with Gasteiger partial charge in [-0.25, -0.2) is 8.42 Å². The second-order valence-electron chi connectivity index (χ2n) is 4.11. The number of benzene rings is 1. The lowest BCUT2D eigenvalue weighted by Gasteiger charge is -2.03. The van der Waals surface area contributed by atoms with Crippen molar-refractivity contribution in [3.8, 4) is 0 Å². The Kier molecular flexibility index (Phi) is 3.51. The number of hydrogen-bond donors (Lipinski definition) is 1. The minimum Gasteiger partial charge on any atom is -0.368 e. The van der Waals surface area contributed by atoms with Gasteiger partial charge in [0.05, 0.1) is 5.52 Å². The van der Waals surface area contributed by atoms with Crippen molar-refractivity contribution in [3.05, 3.63) is 28.4 Å². The van der Waals surface area contributed by atoms with Gasteiger partial charge >= 0.3 is 0 Å². The van der Waals surface area contributed by atoms with Crippen LogP contribution in [0.4, 0.5) is 0 Å². The number of aromatic nitrogens is 1. The third-order valence-electron chi connectivity index (χ3n) is 2.60. The Morgan fingerprint density at radius 3 is 2.53 bits per heavy atom. The summed E-state index contributed by atoms with van der Waals surface area (Å²) in [6.45, 7) is -0.202. The Hall–Kier alpha value is -1.24. The molecule has 2 N–H and O–H groups in total. The summed E-state index contributed by atoms with van der Waals surface area (Å²) in [5, 5.41) is 0.713. The molecule has 8 heteroatoms. The van der Waals surface area contributed by atoms with E-state index >= 15 is 0 Å². The topological polar surface area (TPSA) is 82.2 Å². The van der Waals surface area contributed by atoms with Crippen LogP contribution in [0, 0.1) is 0 Å². The fraction of sp³-hybridized carbons (Fsp3) is 0.182. The predicted molar refractivity (Wildman–Crippen MR) is 74.3 cm³/mol. The Bertz CT molecular complexity index is 781. The molecule has 0 aliphatic heterocycles. The molecule has 0 fully saturated rings. The van der Waals surface area contributed by atoms with Gasteiger partial charge in [0.25, 0.3) is 0 Å². The number of nitrogens with two attached hydrogens (primary N) is 1. The van der Waals surface area contributed by atoms with E-state index in [1.165, 1.54) is 10.6 Å². The van der Waals surface area contributed by atoms with Gasteiger partial charge in [0.2, 0.25) is 5.91 Å². The number of halogens is 2. The molecule has 0 saturated carbocycles. The average Bonchev–Trinajstić information content (AvgIpc) is 2.49. The van der Waals surface area contributed by atoms with Crippen molar-refractivity contribution in [2.75, 3.05) is 6.26 Å². The molecular weight excluding hydrogens is 311 g/mol. The predicted octanol–water partition coefficient (Wildman–Crippen LogP) is 1.84. The van der Waals surface area contributed by atoms with Crippen molar-refractivity contribution >= 4 is 49.8 Å². The molecule has 19 heavy (non-hydrogen) atoms. The van der Waals surface area contributed by atoms with Crippen molar-refractivity contribution in [1.82, 2.24) is 4.57 Å². The van der Waals surface area contributed by atoms with E-state index in [0.717, 1.165) is 6.26 Å². The molecule has 1 amide bonds. The maximum atomic E-state index is 11.8. The van der Waals surface area contributed by atoms with Crippen LogP contribution in [0.1, 0.15) is 0 Å². The molecule has 5 nitrogen and oxygen atoms in total. The molecule has 1 heterocycles. The minimum atomic E-state index is -3.56. The van der Waals surface area contributed by atoms with Crippen LogP contribution in [-0.2, 0) is 21.2 Å². The van der Waals surface area contributed by atoms with Crippen LogP contribution in [0.25, 0.3) is 10.9 Å². The van der Waals surface area contributed by atoms with E-state index in [1.54, 1.807) is 12.1 Å². The molecule has 0 spiro atoms. The SMILES string of the molecule is CS(=O)(=O)c1c(Cl)n(CC(N)=O)c2ccc(Cl)cc12. The van der Waals surface area contributed by atoms with Crippen molar-refractivity contribution in [3.63, 3.8) is 0 Å². The minimum absolute atomic E-state index is 0.0430. The van der Waals surface area contributed by atoms with Gasteiger partial charge in [-0.15, -0.1) is 0 Å². The summed E-state index contributed by atoms with van der Waals surface area (Å²) >= 11 is 11.9. The number of primary amides is 1. The lowest BCUT2D eigenvalue weighted by molar-refractivity contribution is -0.118. The highest BCUT2D eigenvalue weighted by molar-refractivity contribution is 7.91. The number of carbonyl (C=O) groups is 1. The Morgan fingerprint density at radius 1 is 1.37 bits per heavy atom. The van der Waals surface area contributed by atoms with E-state index in [1.807, 2.05) is 0 Å². The van der Waals surface area contributed by atoms with Crippen LogP contribution in [-0.4, -0.2) is 25.1 Å². The highest BCUT2D eigenvalue weighted by atomic mass is 35.5. The normalized spacial score (nSPS) is 11.9. The van der Waals surface area contributed by atoms with Crippen LogP contribution in [0.2, 0.25) is 10.2 Å². The number of hydrogen-bond acceptors (Lipinski definition) is 3. The highest BCUT2D eigenvalue weighted by Crippen LogP contribution is 2.35. The summed E-state index contributed by atoms with van der Waals surface area (Å²) in [4.78, 5) is 11.0. The first-order valence-electron chi connectivity index (χ1n) is 5.17. The van der Waals surface area contributed by atoms with E-state index in [2.05, 4.69) is 0 Å². The third-order valence-corrected chi connectivity index (χ3v) is 4.50. The highest BCUT2D eigenvalue weighted by Gasteiger charge is 2.23. The molecule has 1 aromatic carbocycles. The molecule has 0 saturated heterocycles. The standard InChI is InChI=1S/C11H10Cl2N2O3S/c1-19(17,18)10-7-4-6(12)2-3-8(7)15(11(10)13)5-9(14)16/h2-4H,5H2,1H3,(H2,14,16). The van der Waals surface area contributed by atoms with Gasteiger partial charge in [-0.3, -0.25) is 4.79 Å². The quantitative estimate of drug-likeness (QED) is 0.936. The number of fused-ring (bicyclic) bond motifs is 1. The molecule has 0 unspecified atom stereocenters. The van der Waals surface area contributed by atoms with E-state index in [0.29, 0.717) is 15.9 Å². The maximum Gasteiger partial charge on any atom is 0.237 e. The summed E-state index contributed by atoms with van der Waals surface area (Å²) in [5.74, 6) is -0.617. The Balaban J connectivity index is 2.92. The summed E-state index contributed by atoms with van der Waals surface area (Å²) in [5.41, 5.74) is 5.63. The lowest BCUT2D eigenvalue weighted by Crippen LogP contribution is -2.18. The number of nitrogens with zero attached hydrogens (tertiary/aromatic N) is 1. The number of amides is 1. The van der Waals surface area contributed by atoms with Gasteiger partial charge in [-0.05, 0) is 18.2 Å². The first-order valence-corrected chi connectivity index (χ1v) is 7.82. The number of sulfone groups is 1. The summed E-state index contributed by atoms with van der Waals surface area (Å²) in [6.07, 6.45) is 1.04. The zero-order chi connectivity index (χ0) is 14.4. The smallest absolute Gasteiger partial charge is 0.237 e. The second kappa shape index (κ2) is 4.70. The molecule has 0 aliphatic carbocycles. The molecule has 0 aliphatic rings. The van der Waals surface area contributed by atoms with Gasteiger partial charge in [-0.2, -0.15) is 0 Å². The van der Waals surface area contributed by atoms with Gasteiger partial charge in [0.15, 0.2) is 9.84 Å². The van der Waals surface area contributed by atoms with Gasteiger partial charge in [0.1, 0.15) is 16.6 Å². The molecule has 102 valence electrons. The monoisotopic (exact) mass is 320 g/mol. The molecule has 0 atom stereocenters. The summed E-state index contributed by atoms with van der Waals surface area (Å²) < 4.78 is 25.0. The Morgan fingerprint density at radius 2 is 2.00 bits per heavy atom. The van der Waals surface area contributed by atoms with Crippen LogP contribution in [0.5, 0.6) is 0 Å². The average molecular weight is 321 g/mol. The lowest BCUT2D eigenvalue weighted by atomic mass is 10.2. The van der Waals surface area contributed by atoms with Gasteiger partial charge in [-0.1, -0.05) is 23.2 Å². The van der Waals surface area contributed by atoms with E-state index in [-0.39, 0.29) is 16.6 Å². The van der Waals surface area contributed by atoms with Crippen molar-refractivity contribution in [2.45, 2.75) is 11.4 Å². The first-order chi connectivity index (χ1) is 8.71. The summed E-state index contributed by atoms with van der Waals surface area (Å²) in [7, 11) is -3.56. The second-order valence-corrected chi connectivity index (χ2v) is 6.85. The molecule has 0 bridgehead atoms. The zero-order valence-electron chi connectivity index (χ0n) is 9.85. The fourth-order valence-corrected chi connectivity index (χ4v) is 3.75. The van der Waals surface area contributed by atoms with E-state index in [4.69, 9.17) is 28.9 Å². The van der Waals surface area contributed by atoms with Crippen LogP contribution in [0.3, 0.4) is 0 Å². The number of rotatable bonds is 3. The molecule has 2 rings (SSSR count). The maximum absolute atomic E-state index is 11.8. The summed E-state index contributed by atoms with van der Waals surface area (Å²) in [6, 6.07) is 4.68. The van der Waals surface area contributed by atoms with Crippen molar-refractivity contribution in [2.24, 2.45) is 5.73 Å². The van der Waals surface area contributed by atoms with Crippen molar-refractivity contribution in [1.29, 1.82) is 0 Å². The molecule has 1 aromatic heterocycles. The van der Waals surface area contributed by atoms with Gasteiger partial charge in [0, 0.05) is 16.7 Å². The third kappa shape index (κ3) is 2.56. The largest absolute Gasteiger partial charge is 0.368 e. The fourth-order valence-electron chi connectivity index (χ4n) is 1.93. The van der Waals surface area contributed by atoms with Crippen LogP contribution >= 0.6 is 23.2 Å². The first kappa shape index (κ1) is 14.2. The molecule has 2 aromatic rings. The van der Waals surface area contributed by atoms with Crippen molar-refractivity contribution < 1.29 is 13.2 Å².